The quantitative estimate of drug-likeness (QED) is 0.0834. The molecular weight excluding hydrogens is 690 g/mol. The number of carbonyl (C=O) groups is 2. The van der Waals surface area contributed by atoms with Gasteiger partial charge in [0.1, 0.15) is 18.2 Å². The third kappa shape index (κ3) is 12.5. The molecule has 0 aliphatic rings. The van der Waals surface area contributed by atoms with Crippen LogP contribution in [0, 0.1) is 63.0 Å². The molecule has 284 valence electrons. The first-order valence-electron chi connectivity index (χ1n) is 17.7. The van der Waals surface area contributed by atoms with Gasteiger partial charge in [-0.25, -0.2) is 18.7 Å². The van der Waals surface area contributed by atoms with E-state index in [-0.39, 0.29) is 58.9 Å². The third-order valence-electron chi connectivity index (χ3n) is 7.97. The molecule has 12 heteroatoms. The molecule has 0 saturated heterocycles. The maximum atomic E-state index is 14.6. The average molecular weight is 739 g/mol. The van der Waals surface area contributed by atoms with Crippen molar-refractivity contribution in [1.82, 2.24) is 9.97 Å². The van der Waals surface area contributed by atoms with Crippen LogP contribution in [0.15, 0.2) is 48.5 Å². The summed E-state index contributed by atoms with van der Waals surface area (Å²) in [5.74, 6) is 9.76. The SMILES string of the molecule is CCCC#CCCOc1cccc(NC(=O)c2cc(C)c(C)nc2N)c1F.CCCCC#CCOc1cccc(NC(=O)c2cc(C)c(C)nc2N)c1F. The molecule has 0 bridgehead atoms. The average Bonchev–Trinajstić information content (AvgIpc) is 3.14. The highest BCUT2D eigenvalue weighted by molar-refractivity contribution is 6.08. The van der Waals surface area contributed by atoms with E-state index in [1.165, 1.54) is 24.3 Å². The maximum absolute atomic E-state index is 14.6. The number of nitrogens with one attached hydrogen (secondary N) is 2. The molecule has 54 heavy (non-hydrogen) atoms. The van der Waals surface area contributed by atoms with Crippen molar-refractivity contribution in [1.29, 1.82) is 0 Å². The molecule has 2 aromatic heterocycles. The summed E-state index contributed by atoms with van der Waals surface area (Å²) in [5.41, 5.74) is 15.2. The van der Waals surface area contributed by atoms with Crippen LogP contribution >= 0.6 is 0 Å². The van der Waals surface area contributed by atoms with E-state index in [9.17, 15) is 18.4 Å². The number of aryl methyl sites for hydroxylation is 4. The lowest BCUT2D eigenvalue weighted by Gasteiger charge is -2.12. The topological polar surface area (TPSA) is 154 Å². The summed E-state index contributed by atoms with van der Waals surface area (Å²) in [6.07, 6.45) is 5.26. The molecule has 0 fully saturated rings. The summed E-state index contributed by atoms with van der Waals surface area (Å²) in [4.78, 5) is 33.2. The Morgan fingerprint density at radius 1 is 0.685 bits per heavy atom. The molecule has 4 rings (SSSR count). The number of nitrogen functional groups attached to an aromatic ring is 2. The molecule has 2 aromatic carbocycles. The number of rotatable bonds is 12. The van der Waals surface area contributed by atoms with E-state index in [1.807, 2.05) is 13.8 Å². The van der Waals surface area contributed by atoms with Crippen molar-refractivity contribution in [2.24, 2.45) is 0 Å². The van der Waals surface area contributed by atoms with Crippen LogP contribution in [-0.4, -0.2) is 35.0 Å². The Hall–Kier alpha value is -6.14. The molecule has 2 amide bonds. The Morgan fingerprint density at radius 3 is 1.67 bits per heavy atom. The van der Waals surface area contributed by atoms with Gasteiger partial charge in [-0.3, -0.25) is 9.59 Å². The van der Waals surface area contributed by atoms with E-state index in [2.05, 4.69) is 58.1 Å². The summed E-state index contributed by atoms with van der Waals surface area (Å²) < 4.78 is 40.0. The van der Waals surface area contributed by atoms with E-state index < -0.39 is 23.4 Å². The van der Waals surface area contributed by atoms with Crippen molar-refractivity contribution < 1.29 is 27.8 Å². The van der Waals surface area contributed by atoms with Crippen LogP contribution in [0.4, 0.5) is 31.8 Å². The van der Waals surface area contributed by atoms with Gasteiger partial charge in [-0.15, -0.1) is 5.92 Å². The second-order valence-corrected chi connectivity index (χ2v) is 12.2. The first kappa shape index (κ1) is 42.3. The number of nitrogens with zero attached hydrogens (tertiary/aromatic N) is 2. The number of pyridine rings is 2. The molecule has 0 aliphatic carbocycles. The number of benzene rings is 2. The molecule has 0 radical (unpaired) electrons. The van der Waals surface area contributed by atoms with Gasteiger partial charge in [0.05, 0.1) is 29.1 Å². The van der Waals surface area contributed by atoms with E-state index in [1.54, 1.807) is 38.1 Å². The van der Waals surface area contributed by atoms with Gasteiger partial charge in [0.15, 0.2) is 23.1 Å². The van der Waals surface area contributed by atoms with Crippen LogP contribution in [0.2, 0.25) is 0 Å². The smallest absolute Gasteiger partial charge is 0.259 e. The minimum Gasteiger partial charge on any atom is -0.489 e. The second kappa shape index (κ2) is 21.4. The summed E-state index contributed by atoms with van der Waals surface area (Å²) in [7, 11) is 0. The van der Waals surface area contributed by atoms with Crippen LogP contribution < -0.4 is 31.6 Å². The van der Waals surface area contributed by atoms with Gasteiger partial charge in [0, 0.05) is 30.7 Å². The zero-order chi connectivity index (χ0) is 39.6. The summed E-state index contributed by atoms with van der Waals surface area (Å²) in [5, 5.41) is 5.05. The lowest BCUT2D eigenvalue weighted by atomic mass is 10.1. The Morgan fingerprint density at radius 2 is 1.17 bits per heavy atom. The van der Waals surface area contributed by atoms with Gasteiger partial charge in [0.2, 0.25) is 0 Å². The molecule has 10 nitrogen and oxygen atoms in total. The predicted octanol–water partition coefficient (Wildman–Crippen LogP) is 8.49. The summed E-state index contributed by atoms with van der Waals surface area (Å²) in [6.45, 7) is 11.8. The monoisotopic (exact) mass is 738 g/mol. The zero-order valence-electron chi connectivity index (χ0n) is 31.7. The fourth-order valence-electron chi connectivity index (χ4n) is 4.66. The highest BCUT2D eigenvalue weighted by Crippen LogP contribution is 2.27. The Balaban J connectivity index is 0.000000290. The van der Waals surface area contributed by atoms with Gasteiger partial charge in [-0.2, -0.15) is 0 Å². The maximum Gasteiger partial charge on any atom is 0.259 e. The van der Waals surface area contributed by atoms with Gasteiger partial charge in [0.25, 0.3) is 11.8 Å². The molecule has 0 spiro atoms. The first-order chi connectivity index (χ1) is 25.9. The number of carbonyl (C=O) groups excluding carboxylic acids is 2. The number of ether oxygens (including phenoxy) is 2. The molecule has 2 heterocycles. The molecule has 4 aromatic rings. The number of halogens is 2. The number of unbranched alkanes of at least 4 members (excludes halogenated alkanes) is 3. The van der Waals surface area contributed by atoms with Crippen LogP contribution in [0.1, 0.15) is 95.6 Å². The largest absolute Gasteiger partial charge is 0.489 e. The van der Waals surface area contributed by atoms with Crippen molar-refractivity contribution >= 4 is 34.8 Å². The minimum atomic E-state index is -0.656. The molecule has 6 N–H and O–H groups in total. The van der Waals surface area contributed by atoms with Crippen molar-refractivity contribution in [2.75, 3.05) is 35.3 Å². The standard InChI is InChI=1S/2C21H24FN3O2/c2*1-4-5-6-7-8-12-27-18-11-9-10-17(19(18)22)25-21(26)16-13-14(2)15(3)24-20(16)23/h9-11,13H,4-5,8,12H2,1-3H3,(H2,23,24)(H,25,26);9-11,13H,4-6,12H2,1-3H3,(H2,23,24)(H,25,26). The zero-order valence-corrected chi connectivity index (χ0v) is 31.7. The number of hydrogen-bond acceptors (Lipinski definition) is 8. The van der Waals surface area contributed by atoms with Gasteiger partial charge < -0.3 is 31.6 Å². The van der Waals surface area contributed by atoms with Crippen molar-refractivity contribution in [3.63, 3.8) is 0 Å². The van der Waals surface area contributed by atoms with Crippen molar-refractivity contribution in [3.8, 4) is 35.2 Å². The minimum absolute atomic E-state index is 0.00840. The molecule has 0 aliphatic heterocycles. The van der Waals surface area contributed by atoms with Gasteiger partial charge >= 0.3 is 0 Å². The lowest BCUT2D eigenvalue weighted by molar-refractivity contribution is 0.101. The number of amides is 2. The van der Waals surface area contributed by atoms with Crippen LogP contribution in [0.5, 0.6) is 11.5 Å². The molecule has 0 atom stereocenters. The fourth-order valence-corrected chi connectivity index (χ4v) is 4.66. The Bertz CT molecular complexity index is 2060. The molecular formula is C42H48F2N6O4. The van der Waals surface area contributed by atoms with E-state index in [4.69, 9.17) is 20.9 Å². The summed E-state index contributed by atoms with van der Waals surface area (Å²) >= 11 is 0. The first-order valence-corrected chi connectivity index (χ1v) is 17.7. The van der Waals surface area contributed by atoms with Crippen LogP contribution in [-0.2, 0) is 0 Å². The summed E-state index contributed by atoms with van der Waals surface area (Å²) in [6, 6.07) is 12.4. The van der Waals surface area contributed by atoms with Crippen LogP contribution in [0.25, 0.3) is 0 Å². The normalized spacial score (nSPS) is 10.1. The lowest BCUT2D eigenvalue weighted by Crippen LogP contribution is -2.17. The Kier molecular flexibility index (Phi) is 16.8. The highest BCUT2D eigenvalue weighted by Gasteiger charge is 2.18. The second-order valence-electron chi connectivity index (χ2n) is 12.2. The highest BCUT2D eigenvalue weighted by atomic mass is 19.1. The number of aromatic nitrogens is 2. The number of nitrogens with two attached hydrogens (primary N) is 2. The van der Waals surface area contributed by atoms with Crippen LogP contribution in [0.3, 0.4) is 0 Å². The van der Waals surface area contributed by atoms with Crippen molar-refractivity contribution in [2.45, 2.75) is 80.1 Å². The third-order valence-corrected chi connectivity index (χ3v) is 7.97. The Labute approximate surface area is 316 Å². The van der Waals surface area contributed by atoms with Gasteiger partial charge in [-0.05, 0) is 88.1 Å². The molecule has 0 unspecified atom stereocenters. The number of anilines is 4. The van der Waals surface area contributed by atoms with E-state index in [0.717, 1.165) is 54.6 Å². The molecule has 0 saturated carbocycles. The predicted molar refractivity (Wildman–Crippen MR) is 211 cm³/mol. The van der Waals surface area contributed by atoms with E-state index in [0.29, 0.717) is 6.42 Å². The van der Waals surface area contributed by atoms with Crippen molar-refractivity contribution in [3.05, 3.63) is 93.8 Å². The van der Waals surface area contributed by atoms with E-state index >= 15 is 0 Å². The number of hydrogen-bond donors (Lipinski definition) is 4. The van der Waals surface area contributed by atoms with Gasteiger partial charge in [-0.1, -0.05) is 50.2 Å². The fraction of sp³-hybridized carbons (Fsp3) is 0.333.